The third-order valence-electron chi connectivity index (χ3n) is 1.24. The lowest BCUT2D eigenvalue weighted by molar-refractivity contribution is -0.139. The third kappa shape index (κ3) is 4.49. The lowest BCUT2D eigenvalue weighted by Gasteiger charge is -2.16. The van der Waals surface area contributed by atoms with E-state index in [9.17, 15) is 9.00 Å². The number of hydrogen-bond acceptors (Lipinski definition) is 3. The van der Waals surface area contributed by atoms with Crippen LogP contribution in [0, 0.1) is 0 Å². The van der Waals surface area contributed by atoms with Crippen molar-refractivity contribution in [1.29, 1.82) is 0 Å². The van der Waals surface area contributed by atoms with Crippen molar-refractivity contribution in [2.75, 3.05) is 12.4 Å². The van der Waals surface area contributed by atoms with Crippen LogP contribution in [0.3, 0.4) is 0 Å². The molecule has 0 saturated heterocycles. The summed E-state index contributed by atoms with van der Waals surface area (Å²) in [6, 6.07) is 0. The minimum atomic E-state index is -1.14. The zero-order valence-electron chi connectivity index (χ0n) is 8.05. The summed E-state index contributed by atoms with van der Waals surface area (Å²) in [5, 5.41) is 0. The van der Waals surface area contributed by atoms with E-state index in [0.29, 0.717) is 6.61 Å². The largest absolute Gasteiger partial charge is 0.465 e. The summed E-state index contributed by atoms with van der Waals surface area (Å²) in [6.45, 7) is 7.59. The van der Waals surface area contributed by atoms with Gasteiger partial charge in [-0.2, -0.15) is 0 Å². The highest BCUT2D eigenvalue weighted by molar-refractivity contribution is 7.87. The van der Waals surface area contributed by atoms with E-state index >= 15 is 0 Å². The van der Waals surface area contributed by atoms with Crippen LogP contribution in [0.1, 0.15) is 27.7 Å². The van der Waals surface area contributed by atoms with Crippen molar-refractivity contribution >= 4 is 16.8 Å². The predicted molar refractivity (Wildman–Crippen MR) is 49.4 cm³/mol. The van der Waals surface area contributed by atoms with Gasteiger partial charge >= 0.3 is 5.97 Å². The van der Waals surface area contributed by atoms with Crippen molar-refractivity contribution in [3.63, 3.8) is 0 Å². The second kappa shape index (κ2) is 4.60. The lowest BCUT2D eigenvalue weighted by Crippen LogP contribution is -2.28. The van der Waals surface area contributed by atoms with Gasteiger partial charge in [-0.15, -0.1) is 0 Å². The molecule has 0 fully saturated rings. The van der Waals surface area contributed by atoms with Gasteiger partial charge in [0.15, 0.2) is 0 Å². The van der Waals surface area contributed by atoms with E-state index in [2.05, 4.69) is 4.74 Å². The summed E-state index contributed by atoms with van der Waals surface area (Å²) >= 11 is 0. The Hall–Kier alpha value is -0.380. The molecule has 0 aliphatic heterocycles. The molecule has 0 heterocycles. The minimum Gasteiger partial charge on any atom is -0.465 e. The topological polar surface area (TPSA) is 43.4 Å². The van der Waals surface area contributed by atoms with Gasteiger partial charge in [0.1, 0.15) is 5.75 Å². The van der Waals surface area contributed by atoms with Crippen molar-refractivity contribution in [3.05, 3.63) is 0 Å². The lowest BCUT2D eigenvalue weighted by atomic mass is 10.3. The van der Waals surface area contributed by atoms with Crippen molar-refractivity contribution in [1.82, 2.24) is 0 Å². The number of rotatable bonds is 3. The van der Waals surface area contributed by atoms with E-state index in [-0.39, 0.29) is 16.5 Å². The maximum Gasteiger partial charge on any atom is 0.318 e. The van der Waals surface area contributed by atoms with Crippen LogP contribution >= 0.6 is 0 Å². The van der Waals surface area contributed by atoms with E-state index in [4.69, 9.17) is 0 Å². The molecule has 1 atom stereocenters. The molecule has 0 aromatic heterocycles. The Morgan fingerprint density at radius 3 is 2.25 bits per heavy atom. The van der Waals surface area contributed by atoms with Crippen LogP contribution in [0.15, 0.2) is 0 Å². The molecule has 0 radical (unpaired) electrons. The van der Waals surface area contributed by atoms with Gasteiger partial charge in [0, 0.05) is 15.5 Å². The monoisotopic (exact) mass is 192 g/mol. The molecule has 3 nitrogen and oxygen atoms in total. The van der Waals surface area contributed by atoms with E-state index in [1.165, 1.54) is 0 Å². The van der Waals surface area contributed by atoms with Crippen molar-refractivity contribution in [3.8, 4) is 0 Å². The molecule has 12 heavy (non-hydrogen) atoms. The first kappa shape index (κ1) is 11.6. The van der Waals surface area contributed by atoms with Crippen LogP contribution in [0.4, 0.5) is 0 Å². The fraction of sp³-hybridized carbons (Fsp3) is 0.875. The first-order valence-corrected chi connectivity index (χ1v) is 5.24. The first-order chi connectivity index (χ1) is 5.38. The SMILES string of the molecule is CCOC(=O)CS(=O)C(C)(C)C. The molecule has 0 amide bonds. The van der Waals surface area contributed by atoms with Gasteiger partial charge < -0.3 is 4.74 Å². The number of carbonyl (C=O) groups is 1. The molecule has 0 spiro atoms. The summed E-state index contributed by atoms with van der Waals surface area (Å²) in [7, 11) is -1.14. The second-order valence-electron chi connectivity index (χ2n) is 3.41. The Morgan fingerprint density at radius 1 is 1.42 bits per heavy atom. The highest BCUT2D eigenvalue weighted by atomic mass is 32.2. The van der Waals surface area contributed by atoms with Gasteiger partial charge in [-0.3, -0.25) is 9.00 Å². The van der Waals surface area contributed by atoms with Gasteiger partial charge in [-0.25, -0.2) is 0 Å². The van der Waals surface area contributed by atoms with Crippen molar-refractivity contribution in [2.24, 2.45) is 0 Å². The quantitative estimate of drug-likeness (QED) is 0.629. The fourth-order valence-electron chi connectivity index (χ4n) is 0.526. The van der Waals surface area contributed by atoms with E-state index < -0.39 is 10.8 Å². The van der Waals surface area contributed by atoms with Gasteiger partial charge in [-0.05, 0) is 27.7 Å². The molecule has 0 saturated carbocycles. The Kier molecular flexibility index (Phi) is 4.45. The first-order valence-electron chi connectivity index (χ1n) is 3.92. The second-order valence-corrected chi connectivity index (χ2v) is 5.61. The Bertz CT molecular complexity index is 181. The van der Waals surface area contributed by atoms with Crippen LogP contribution in [0.25, 0.3) is 0 Å². The Labute approximate surface area is 75.9 Å². The van der Waals surface area contributed by atoms with Crippen LogP contribution in [-0.2, 0) is 20.3 Å². The van der Waals surface area contributed by atoms with E-state index in [0.717, 1.165) is 0 Å². The Balaban J connectivity index is 3.94. The normalized spacial score (nSPS) is 14.0. The standard InChI is InChI=1S/C8H16O3S/c1-5-11-7(9)6-12(10)8(2,3)4/h5-6H2,1-4H3. The number of hydrogen-bond donors (Lipinski definition) is 0. The molecule has 1 unspecified atom stereocenters. The average molecular weight is 192 g/mol. The van der Waals surface area contributed by atoms with Crippen LogP contribution < -0.4 is 0 Å². The van der Waals surface area contributed by atoms with Gasteiger partial charge in [0.2, 0.25) is 0 Å². The summed E-state index contributed by atoms with van der Waals surface area (Å²) in [5.41, 5.74) is 0. The maximum absolute atomic E-state index is 11.4. The summed E-state index contributed by atoms with van der Waals surface area (Å²) < 4.78 is 15.7. The molecule has 0 aromatic carbocycles. The molecule has 4 heteroatoms. The molecular formula is C8H16O3S. The molecule has 0 bridgehead atoms. The summed E-state index contributed by atoms with van der Waals surface area (Å²) in [6.07, 6.45) is 0. The summed E-state index contributed by atoms with van der Waals surface area (Å²) in [4.78, 5) is 10.9. The van der Waals surface area contributed by atoms with Crippen LogP contribution in [-0.4, -0.2) is 27.3 Å². The van der Waals surface area contributed by atoms with Crippen LogP contribution in [0.2, 0.25) is 0 Å². The zero-order valence-corrected chi connectivity index (χ0v) is 8.86. The molecule has 0 aromatic rings. The maximum atomic E-state index is 11.4. The van der Waals surface area contributed by atoms with E-state index in [1.54, 1.807) is 6.92 Å². The minimum absolute atomic E-state index is 0.00264. The third-order valence-corrected chi connectivity index (χ3v) is 3.10. The van der Waals surface area contributed by atoms with Gasteiger partial charge in [0.05, 0.1) is 6.61 Å². The molecule has 0 aliphatic rings. The molecule has 0 aliphatic carbocycles. The summed E-state index contributed by atoms with van der Waals surface area (Å²) in [5.74, 6) is -0.386. The smallest absolute Gasteiger partial charge is 0.318 e. The predicted octanol–water partition coefficient (Wildman–Crippen LogP) is 1.10. The highest BCUT2D eigenvalue weighted by Crippen LogP contribution is 2.11. The number of esters is 1. The highest BCUT2D eigenvalue weighted by Gasteiger charge is 2.22. The molecule has 72 valence electrons. The van der Waals surface area contributed by atoms with Gasteiger partial charge in [-0.1, -0.05) is 0 Å². The molecule has 0 N–H and O–H groups in total. The van der Waals surface area contributed by atoms with Crippen LogP contribution in [0.5, 0.6) is 0 Å². The Morgan fingerprint density at radius 2 is 1.92 bits per heavy atom. The zero-order chi connectivity index (χ0) is 9.78. The fourth-order valence-corrected chi connectivity index (χ4v) is 1.26. The number of ether oxygens (including phenoxy) is 1. The average Bonchev–Trinajstić information content (AvgIpc) is 1.85. The number of carbonyl (C=O) groups excluding carboxylic acids is 1. The molecular weight excluding hydrogens is 176 g/mol. The van der Waals surface area contributed by atoms with E-state index in [1.807, 2.05) is 20.8 Å². The molecule has 0 rings (SSSR count). The van der Waals surface area contributed by atoms with Crippen molar-refractivity contribution < 1.29 is 13.7 Å². The van der Waals surface area contributed by atoms with Gasteiger partial charge in [0.25, 0.3) is 0 Å². The van der Waals surface area contributed by atoms with Crippen molar-refractivity contribution in [2.45, 2.75) is 32.4 Å².